The van der Waals surface area contributed by atoms with Crippen LogP contribution in [0.4, 0.5) is 0 Å². The second-order valence-corrected chi connectivity index (χ2v) is 5.48. The minimum absolute atomic E-state index is 0.0297. The molecule has 0 saturated heterocycles. The summed E-state index contributed by atoms with van der Waals surface area (Å²) in [6.07, 6.45) is 2.20. The number of benzene rings is 1. The number of nitrogens with zero attached hydrogens (tertiary/aromatic N) is 3. The maximum Gasteiger partial charge on any atom is 0.346 e. The van der Waals surface area contributed by atoms with E-state index in [2.05, 4.69) is 43.2 Å². The van der Waals surface area contributed by atoms with Crippen LogP contribution in [0.3, 0.4) is 0 Å². The Labute approximate surface area is 112 Å². The van der Waals surface area contributed by atoms with Crippen LogP contribution in [-0.4, -0.2) is 14.3 Å². The molecule has 1 aromatic carbocycles. The van der Waals surface area contributed by atoms with E-state index in [1.165, 1.54) is 5.56 Å². The molecule has 0 radical (unpaired) electrons. The van der Waals surface area contributed by atoms with Crippen molar-refractivity contribution in [2.45, 2.75) is 45.7 Å². The van der Waals surface area contributed by atoms with Gasteiger partial charge in [-0.1, -0.05) is 36.8 Å². The first-order chi connectivity index (χ1) is 9.15. The molecule has 0 N–H and O–H groups in total. The van der Waals surface area contributed by atoms with E-state index in [1.54, 1.807) is 4.68 Å². The maximum atomic E-state index is 12.3. The minimum Gasteiger partial charge on any atom is -0.279 e. The molecule has 1 aliphatic rings. The van der Waals surface area contributed by atoms with E-state index in [0.717, 1.165) is 30.8 Å². The average Bonchev–Trinajstić information content (AvgIpc) is 2.72. The van der Waals surface area contributed by atoms with E-state index in [0.29, 0.717) is 12.5 Å². The van der Waals surface area contributed by atoms with E-state index in [-0.39, 0.29) is 5.69 Å². The molecule has 1 aromatic heterocycles. The standard InChI is InChI=1S/C15H19N3O/c1-11-5-7-13(8-6-11)10-18-15(19)17-9-3-4-12(2)14(17)16-18/h5-8,12H,3-4,9-10H2,1-2H3/t12-/m1/s1. The molecule has 19 heavy (non-hydrogen) atoms. The van der Waals surface area contributed by atoms with Crippen LogP contribution in [0.15, 0.2) is 29.1 Å². The lowest BCUT2D eigenvalue weighted by atomic mass is 10.0. The Balaban J connectivity index is 1.94. The Morgan fingerprint density at radius 3 is 2.74 bits per heavy atom. The third-order valence-corrected chi connectivity index (χ3v) is 3.86. The molecule has 0 bridgehead atoms. The van der Waals surface area contributed by atoms with Crippen molar-refractivity contribution >= 4 is 0 Å². The third-order valence-electron chi connectivity index (χ3n) is 3.86. The lowest BCUT2D eigenvalue weighted by Crippen LogP contribution is -2.27. The molecule has 0 unspecified atom stereocenters. The summed E-state index contributed by atoms with van der Waals surface area (Å²) in [5.74, 6) is 1.34. The monoisotopic (exact) mass is 257 g/mol. The number of aromatic nitrogens is 3. The van der Waals surface area contributed by atoms with Gasteiger partial charge in [0.1, 0.15) is 5.82 Å². The lowest BCUT2D eigenvalue weighted by Gasteiger charge is -2.17. The molecule has 3 rings (SSSR count). The highest BCUT2D eigenvalue weighted by Gasteiger charge is 2.22. The Kier molecular flexibility index (Phi) is 3.01. The fourth-order valence-corrected chi connectivity index (χ4v) is 2.69. The summed E-state index contributed by atoms with van der Waals surface area (Å²) in [6, 6.07) is 8.26. The van der Waals surface area contributed by atoms with Crippen LogP contribution in [0, 0.1) is 6.92 Å². The molecule has 0 saturated carbocycles. The van der Waals surface area contributed by atoms with Crippen molar-refractivity contribution < 1.29 is 0 Å². The molecular weight excluding hydrogens is 238 g/mol. The lowest BCUT2D eigenvalue weighted by molar-refractivity contribution is 0.457. The summed E-state index contributed by atoms with van der Waals surface area (Å²) in [4.78, 5) is 12.3. The number of hydrogen-bond donors (Lipinski definition) is 0. The van der Waals surface area contributed by atoms with Crippen LogP contribution >= 0.6 is 0 Å². The summed E-state index contributed by atoms with van der Waals surface area (Å²) in [6.45, 7) is 5.58. The van der Waals surface area contributed by atoms with Gasteiger partial charge in [-0.15, -0.1) is 0 Å². The number of aryl methyl sites for hydroxylation is 1. The van der Waals surface area contributed by atoms with Crippen LogP contribution in [-0.2, 0) is 13.1 Å². The van der Waals surface area contributed by atoms with Crippen molar-refractivity contribution in [1.82, 2.24) is 14.3 Å². The highest BCUT2D eigenvalue weighted by Crippen LogP contribution is 2.23. The van der Waals surface area contributed by atoms with E-state index in [1.807, 2.05) is 4.57 Å². The Morgan fingerprint density at radius 2 is 2.05 bits per heavy atom. The van der Waals surface area contributed by atoms with Crippen LogP contribution in [0.2, 0.25) is 0 Å². The van der Waals surface area contributed by atoms with Gasteiger partial charge in [0.15, 0.2) is 0 Å². The van der Waals surface area contributed by atoms with Crippen LogP contribution in [0.25, 0.3) is 0 Å². The summed E-state index contributed by atoms with van der Waals surface area (Å²) >= 11 is 0. The molecule has 0 amide bonds. The van der Waals surface area contributed by atoms with Gasteiger partial charge in [-0.2, -0.15) is 5.10 Å². The fraction of sp³-hybridized carbons (Fsp3) is 0.467. The van der Waals surface area contributed by atoms with Crippen molar-refractivity contribution in [3.63, 3.8) is 0 Å². The van der Waals surface area contributed by atoms with Crippen molar-refractivity contribution in [3.05, 3.63) is 51.7 Å². The quantitative estimate of drug-likeness (QED) is 0.828. The van der Waals surface area contributed by atoms with Gasteiger partial charge in [-0.3, -0.25) is 4.57 Å². The van der Waals surface area contributed by atoms with Gasteiger partial charge in [-0.05, 0) is 25.3 Å². The molecule has 1 aliphatic heterocycles. The molecule has 0 aliphatic carbocycles. The van der Waals surface area contributed by atoms with E-state index >= 15 is 0 Å². The summed E-state index contributed by atoms with van der Waals surface area (Å²) in [5.41, 5.74) is 2.38. The Hall–Kier alpha value is -1.84. The van der Waals surface area contributed by atoms with Gasteiger partial charge in [0.2, 0.25) is 0 Å². The van der Waals surface area contributed by atoms with Crippen molar-refractivity contribution in [2.75, 3.05) is 0 Å². The topological polar surface area (TPSA) is 39.8 Å². The van der Waals surface area contributed by atoms with Crippen LogP contribution in [0.1, 0.15) is 42.6 Å². The van der Waals surface area contributed by atoms with E-state index in [4.69, 9.17) is 0 Å². The van der Waals surface area contributed by atoms with Gasteiger partial charge in [0.25, 0.3) is 0 Å². The number of rotatable bonds is 2. The molecule has 2 aromatic rings. The zero-order chi connectivity index (χ0) is 13.4. The maximum absolute atomic E-state index is 12.3. The van der Waals surface area contributed by atoms with Crippen molar-refractivity contribution in [3.8, 4) is 0 Å². The molecule has 4 heteroatoms. The minimum atomic E-state index is 0.0297. The first-order valence-corrected chi connectivity index (χ1v) is 6.88. The summed E-state index contributed by atoms with van der Waals surface area (Å²) < 4.78 is 3.43. The number of hydrogen-bond acceptors (Lipinski definition) is 2. The normalized spacial score (nSPS) is 18.3. The fourth-order valence-electron chi connectivity index (χ4n) is 2.69. The van der Waals surface area contributed by atoms with Gasteiger partial charge in [0, 0.05) is 12.5 Å². The van der Waals surface area contributed by atoms with Crippen LogP contribution in [0.5, 0.6) is 0 Å². The van der Waals surface area contributed by atoms with Crippen molar-refractivity contribution in [1.29, 1.82) is 0 Å². The zero-order valence-electron chi connectivity index (χ0n) is 11.5. The van der Waals surface area contributed by atoms with Crippen LogP contribution < -0.4 is 5.69 Å². The second-order valence-electron chi connectivity index (χ2n) is 5.48. The third kappa shape index (κ3) is 2.23. The van der Waals surface area contributed by atoms with Gasteiger partial charge >= 0.3 is 5.69 Å². The average molecular weight is 257 g/mol. The second kappa shape index (κ2) is 4.68. The highest BCUT2D eigenvalue weighted by molar-refractivity contribution is 5.21. The Morgan fingerprint density at radius 1 is 1.32 bits per heavy atom. The largest absolute Gasteiger partial charge is 0.346 e. The van der Waals surface area contributed by atoms with Crippen molar-refractivity contribution in [2.24, 2.45) is 0 Å². The van der Waals surface area contributed by atoms with Gasteiger partial charge < -0.3 is 0 Å². The SMILES string of the molecule is Cc1ccc(Cn2nc3n(c2=O)CCC[C@H]3C)cc1. The summed E-state index contributed by atoms with van der Waals surface area (Å²) in [7, 11) is 0. The first-order valence-electron chi connectivity index (χ1n) is 6.88. The molecule has 2 heterocycles. The molecule has 0 spiro atoms. The predicted octanol–water partition coefficient (Wildman–Crippen LogP) is 2.30. The Bertz CT molecular complexity index is 636. The van der Waals surface area contributed by atoms with Gasteiger partial charge in [-0.25, -0.2) is 9.48 Å². The number of fused-ring (bicyclic) bond motifs is 1. The summed E-state index contributed by atoms with van der Waals surface area (Å²) in [5, 5.41) is 4.52. The smallest absolute Gasteiger partial charge is 0.279 e. The molecule has 4 nitrogen and oxygen atoms in total. The first kappa shape index (κ1) is 12.2. The van der Waals surface area contributed by atoms with Gasteiger partial charge in [0.05, 0.1) is 6.54 Å². The molecule has 1 atom stereocenters. The van der Waals surface area contributed by atoms with E-state index < -0.39 is 0 Å². The molecule has 100 valence electrons. The predicted molar refractivity (Wildman–Crippen MR) is 74.4 cm³/mol. The molecular formula is C15H19N3O. The highest BCUT2D eigenvalue weighted by atomic mass is 16.2. The van der Waals surface area contributed by atoms with E-state index in [9.17, 15) is 4.79 Å². The zero-order valence-corrected chi connectivity index (χ0v) is 11.5. The molecule has 0 fully saturated rings.